The van der Waals surface area contributed by atoms with Crippen molar-refractivity contribution in [1.29, 1.82) is 0 Å². The minimum absolute atomic E-state index is 0.214. The van der Waals surface area contributed by atoms with Crippen molar-refractivity contribution >= 4 is 5.91 Å². The van der Waals surface area contributed by atoms with Gasteiger partial charge in [-0.25, -0.2) is 0 Å². The lowest BCUT2D eigenvalue weighted by molar-refractivity contribution is -0.129. The lowest BCUT2D eigenvalue weighted by atomic mass is 10.1. The fourth-order valence-corrected chi connectivity index (χ4v) is 1.46. The molecule has 0 fully saturated rings. The van der Waals surface area contributed by atoms with Gasteiger partial charge in [0.25, 0.3) is 0 Å². The van der Waals surface area contributed by atoms with Crippen LogP contribution in [0, 0.1) is 0 Å². The molecule has 0 radical (unpaired) electrons. The van der Waals surface area contributed by atoms with Crippen molar-refractivity contribution in [3.8, 4) is 0 Å². The van der Waals surface area contributed by atoms with E-state index in [1.54, 1.807) is 4.90 Å². The third kappa shape index (κ3) is 8.18. The molecule has 0 saturated heterocycles. The molecule has 0 bridgehead atoms. The van der Waals surface area contributed by atoms with Gasteiger partial charge in [-0.3, -0.25) is 4.79 Å². The van der Waals surface area contributed by atoms with Crippen LogP contribution in [-0.4, -0.2) is 30.9 Å². The highest BCUT2D eigenvalue weighted by Crippen LogP contribution is 2.05. The van der Waals surface area contributed by atoms with Crippen molar-refractivity contribution in [3.05, 3.63) is 12.2 Å². The third-order valence-corrected chi connectivity index (χ3v) is 2.28. The average Bonchev–Trinajstić information content (AvgIpc) is 2.16. The van der Waals surface area contributed by atoms with Gasteiger partial charge in [0.1, 0.15) is 0 Å². The minimum Gasteiger partial charge on any atom is -0.342 e. The highest BCUT2D eigenvalue weighted by molar-refractivity contribution is 5.76. The summed E-state index contributed by atoms with van der Waals surface area (Å²) in [7, 11) is 1.83. The zero-order valence-electron chi connectivity index (χ0n) is 10.1. The zero-order valence-corrected chi connectivity index (χ0v) is 10.1. The van der Waals surface area contributed by atoms with Gasteiger partial charge in [0, 0.05) is 20.0 Å². The Bertz CT molecular complexity index is 202. The van der Waals surface area contributed by atoms with E-state index in [1.807, 2.05) is 14.0 Å². The van der Waals surface area contributed by atoms with Gasteiger partial charge in [0.15, 0.2) is 0 Å². The predicted octanol–water partition coefficient (Wildman–Crippen LogP) is 1.93. The maximum atomic E-state index is 11.6. The van der Waals surface area contributed by atoms with E-state index in [4.69, 9.17) is 5.73 Å². The molecule has 0 aliphatic carbocycles. The third-order valence-electron chi connectivity index (χ3n) is 2.28. The number of carbonyl (C=O) groups excluding carboxylic acids is 1. The Morgan fingerprint density at radius 2 is 1.87 bits per heavy atom. The Kier molecular flexibility index (Phi) is 8.01. The highest BCUT2D eigenvalue weighted by Gasteiger charge is 2.07. The van der Waals surface area contributed by atoms with Gasteiger partial charge in [-0.15, -0.1) is 0 Å². The van der Waals surface area contributed by atoms with Gasteiger partial charge in [0.2, 0.25) is 5.91 Å². The number of likely N-dealkylation sites (N-methyl/N-ethyl adjacent to an activating group) is 1. The van der Waals surface area contributed by atoms with Gasteiger partial charge < -0.3 is 10.6 Å². The summed E-state index contributed by atoms with van der Waals surface area (Å²) in [5.74, 6) is 0.214. The van der Waals surface area contributed by atoms with Crippen LogP contribution < -0.4 is 5.73 Å². The van der Waals surface area contributed by atoms with E-state index in [-0.39, 0.29) is 5.91 Å². The van der Waals surface area contributed by atoms with Gasteiger partial charge in [-0.1, -0.05) is 25.0 Å². The summed E-state index contributed by atoms with van der Waals surface area (Å²) in [6.07, 6.45) is 4.92. The van der Waals surface area contributed by atoms with Crippen molar-refractivity contribution in [1.82, 2.24) is 4.90 Å². The lowest BCUT2D eigenvalue weighted by Gasteiger charge is -2.16. The van der Waals surface area contributed by atoms with Crippen LogP contribution in [0.5, 0.6) is 0 Å². The van der Waals surface area contributed by atoms with E-state index in [9.17, 15) is 4.79 Å². The molecule has 88 valence electrons. The SMILES string of the molecule is C=C(C)CN(C)C(=O)CCCCCCN. The lowest BCUT2D eigenvalue weighted by Crippen LogP contribution is -2.27. The van der Waals surface area contributed by atoms with Crippen LogP contribution in [0.15, 0.2) is 12.2 Å². The Morgan fingerprint density at radius 1 is 1.27 bits per heavy atom. The number of nitrogens with zero attached hydrogens (tertiary/aromatic N) is 1. The summed E-state index contributed by atoms with van der Waals surface area (Å²) in [6, 6.07) is 0. The molecule has 15 heavy (non-hydrogen) atoms. The topological polar surface area (TPSA) is 46.3 Å². The maximum Gasteiger partial charge on any atom is 0.222 e. The molecule has 0 heterocycles. The van der Waals surface area contributed by atoms with Gasteiger partial charge in [-0.2, -0.15) is 0 Å². The number of amides is 1. The highest BCUT2D eigenvalue weighted by atomic mass is 16.2. The Labute approximate surface area is 93.3 Å². The van der Waals surface area contributed by atoms with Crippen LogP contribution in [0.2, 0.25) is 0 Å². The van der Waals surface area contributed by atoms with Crippen molar-refractivity contribution < 1.29 is 4.79 Å². The summed E-state index contributed by atoms with van der Waals surface area (Å²) in [6.45, 7) is 7.15. The molecule has 0 aromatic rings. The maximum absolute atomic E-state index is 11.6. The van der Waals surface area contributed by atoms with Gasteiger partial charge >= 0.3 is 0 Å². The molecule has 0 saturated carbocycles. The molecule has 0 spiro atoms. The second-order valence-corrected chi connectivity index (χ2v) is 4.16. The normalized spacial score (nSPS) is 10.1. The fourth-order valence-electron chi connectivity index (χ4n) is 1.46. The molecular weight excluding hydrogens is 188 g/mol. The van der Waals surface area contributed by atoms with Crippen molar-refractivity contribution in [2.24, 2.45) is 5.73 Å². The number of hydrogen-bond donors (Lipinski definition) is 1. The summed E-state index contributed by atoms with van der Waals surface area (Å²) < 4.78 is 0. The molecule has 0 unspecified atom stereocenters. The molecular formula is C12H24N2O. The largest absolute Gasteiger partial charge is 0.342 e. The fraction of sp³-hybridized carbons (Fsp3) is 0.750. The molecule has 3 heteroatoms. The van der Waals surface area contributed by atoms with E-state index in [2.05, 4.69) is 6.58 Å². The van der Waals surface area contributed by atoms with Crippen LogP contribution in [0.4, 0.5) is 0 Å². The molecule has 0 aliphatic heterocycles. The Balaban J connectivity index is 3.51. The van der Waals surface area contributed by atoms with Crippen LogP contribution in [0.25, 0.3) is 0 Å². The summed E-state index contributed by atoms with van der Waals surface area (Å²) >= 11 is 0. The average molecular weight is 212 g/mol. The van der Waals surface area contributed by atoms with Crippen molar-refractivity contribution in [2.45, 2.75) is 39.0 Å². The monoisotopic (exact) mass is 212 g/mol. The summed E-state index contributed by atoms with van der Waals surface area (Å²) in [4.78, 5) is 13.3. The second kappa shape index (κ2) is 8.48. The quantitative estimate of drug-likeness (QED) is 0.493. The number of rotatable bonds is 8. The van der Waals surface area contributed by atoms with E-state index in [0.717, 1.165) is 37.8 Å². The predicted molar refractivity (Wildman–Crippen MR) is 64.6 cm³/mol. The molecule has 2 N–H and O–H groups in total. The van der Waals surface area contributed by atoms with Crippen LogP contribution in [0.1, 0.15) is 39.0 Å². The molecule has 0 rings (SSSR count). The number of unbranched alkanes of at least 4 members (excludes halogenated alkanes) is 3. The number of nitrogens with two attached hydrogens (primary N) is 1. The van der Waals surface area contributed by atoms with Crippen LogP contribution >= 0.6 is 0 Å². The first-order valence-electron chi connectivity index (χ1n) is 5.66. The first-order valence-corrected chi connectivity index (χ1v) is 5.66. The van der Waals surface area contributed by atoms with E-state index >= 15 is 0 Å². The minimum atomic E-state index is 0.214. The zero-order chi connectivity index (χ0) is 11.7. The Hall–Kier alpha value is -0.830. The van der Waals surface area contributed by atoms with E-state index in [0.29, 0.717) is 13.0 Å². The van der Waals surface area contributed by atoms with Crippen LogP contribution in [0.3, 0.4) is 0 Å². The van der Waals surface area contributed by atoms with Gasteiger partial charge in [0.05, 0.1) is 0 Å². The second-order valence-electron chi connectivity index (χ2n) is 4.16. The number of hydrogen-bond acceptors (Lipinski definition) is 2. The molecule has 1 amide bonds. The molecule has 0 aromatic heterocycles. The smallest absolute Gasteiger partial charge is 0.222 e. The summed E-state index contributed by atoms with van der Waals surface area (Å²) in [5.41, 5.74) is 6.41. The molecule has 0 aromatic carbocycles. The molecule has 0 aliphatic rings. The Morgan fingerprint density at radius 3 is 2.40 bits per heavy atom. The number of carbonyl (C=O) groups is 1. The summed E-state index contributed by atoms with van der Waals surface area (Å²) in [5, 5.41) is 0. The van der Waals surface area contributed by atoms with Crippen LogP contribution in [-0.2, 0) is 4.79 Å². The van der Waals surface area contributed by atoms with Crippen molar-refractivity contribution in [3.63, 3.8) is 0 Å². The first-order chi connectivity index (χ1) is 7.07. The molecule has 3 nitrogen and oxygen atoms in total. The first kappa shape index (κ1) is 14.2. The molecule has 0 atom stereocenters. The standard InChI is InChI=1S/C12H24N2O/c1-11(2)10-14(3)12(15)8-6-4-5-7-9-13/h1,4-10,13H2,2-3H3. The van der Waals surface area contributed by atoms with Crippen molar-refractivity contribution in [2.75, 3.05) is 20.1 Å². The van der Waals surface area contributed by atoms with E-state index in [1.165, 1.54) is 0 Å². The van der Waals surface area contributed by atoms with Gasteiger partial charge in [-0.05, 0) is 26.3 Å². The van der Waals surface area contributed by atoms with E-state index < -0.39 is 0 Å².